The van der Waals surface area contributed by atoms with Gasteiger partial charge in [0.2, 0.25) is 0 Å². The van der Waals surface area contributed by atoms with Crippen molar-refractivity contribution in [2.45, 2.75) is 44.3 Å². The van der Waals surface area contributed by atoms with E-state index in [4.69, 9.17) is 0 Å². The second kappa shape index (κ2) is 4.83. The lowest BCUT2D eigenvalue weighted by atomic mass is 9.99. The Bertz CT molecular complexity index is 371. The van der Waals surface area contributed by atoms with E-state index in [2.05, 4.69) is 40.2 Å². The van der Waals surface area contributed by atoms with Gasteiger partial charge in [-0.3, -0.25) is 4.90 Å². The molecule has 2 aliphatic heterocycles. The zero-order chi connectivity index (χ0) is 11.7. The lowest BCUT2D eigenvalue weighted by Crippen LogP contribution is -2.44. The highest BCUT2D eigenvalue weighted by Gasteiger charge is 2.34. The first-order valence-electron chi connectivity index (χ1n) is 6.92. The van der Waals surface area contributed by atoms with Crippen LogP contribution in [-0.2, 0) is 13.6 Å². The van der Waals surface area contributed by atoms with E-state index in [1.807, 2.05) is 0 Å². The molecule has 0 aromatic carbocycles. The zero-order valence-corrected chi connectivity index (χ0v) is 10.7. The number of piperidine rings is 1. The van der Waals surface area contributed by atoms with Gasteiger partial charge < -0.3 is 9.88 Å². The van der Waals surface area contributed by atoms with Gasteiger partial charge in [-0.1, -0.05) is 6.42 Å². The van der Waals surface area contributed by atoms with E-state index < -0.39 is 0 Å². The molecule has 0 aliphatic carbocycles. The van der Waals surface area contributed by atoms with Crippen molar-refractivity contribution >= 4 is 0 Å². The molecule has 94 valence electrons. The minimum atomic E-state index is 0.713. The van der Waals surface area contributed by atoms with Crippen molar-refractivity contribution in [2.75, 3.05) is 13.1 Å². The molecule has 2 fully saturated rings. The van der Waals surface area contributed by atoms with Gasteiger partial charge in [0, 0.05) is 44.1 Å². The van der Waals surface area contributed by atoms with Crippen LogP contribution in [0.5, 0.6) is 0 Å². The number of aryl methyl sites for hydroxylation is 1. The van der Waals surface area contributed by atoms with Crippen LogP contribution in [-0.4, -0.2) is 34.6 Å². The molecule has 2 unspecified atom stereocenters. The predicted octanol–water partition coefficient (Wildman–Crippen LogP) is 1.74. The maximum absolute atomic E-state index is 3.76. The quantitative estimate of drug-likeness (QED) is 0.858. The van der Waals surface area contributed by atoms with E-state index in [1.165, 1.54) is 44.5 Å². The maximum Gasteiger partial charge on any atom is 0.0362 e. The molecule has 2 atom stereocenters. The van der Waals surface area contributed by atoms with Crippen molar-refractivity contribution in [3.63, 3.8) is 0 Å². The van der Waals surface area contributed by atoms with Crippen molar-refractivity contribution in [1.29, 1.82) is 0 Å². The molecule has 0 amide bonds. The third kappa shape index (κ3) is 2.26. The fourth-order valence-corrected chi connectivity index (χ4v) is 3.40. The number of nitrogens with one attached hydrogen (secondary N) is 1. The van der Waals surface area contributed by atoms with Gasteiger partial charge in [-0.05, 0) is 37.9 Å². The summed E-state index contributed by atoms with van der Waals surface area (Å²) in [6.07, 6.45) is 7.67. The van der Waals surface area contributed by atoms with Gasteiger partial charge in [0.05, 0.1) is 0 Å². The Morgan fingerprint density at radius 3 is 3.06 bits per heavy atom. The summed E-state index contributed by atoms with van der Waals surface area (Å²) in [6, 6.07) is 5.85. The Hall–Kier alpha value is -0.800. The standard InChI is InChI=1S/C14H23N3/c1-16-8-4-5-12(16)11-15-13-7-10-17-9-3-2-6-14(13)17/h4-5,8,13-15H,2-3,6-7,9-11H2,1H3. The Balaban J connectivity index is 1.57. The van der Waals surface area contributed by atoms with E-state index in [0.29, 0.717) is 6.04 Å². The van der Waals surface area contributed by atoms with Gasteiger partial charge in [0.1, 0.15) is 0 Å². The Morgan fingerprint density at radius 1 is 1.29 bits per heavy atom. The topological polar surface area (TPSA) is 20.2 Å². The molecule has 0 saturated carbocycles. The smallest absolute Gasteiger partial charge is 0.0362 e. The molecule has 1 N–H and O–H groups in total. The van der Waals surface area contributed by atoms with Crippen LogP contribution in [0.2, 0.25) is 0 Å². The molecule has 0 bridgehead atoms. The number of hydrogen-bond acceptors (Lipinski definition) is 2. The van der Waals surface area contributed by atoms with Crippen LogP contribution in [0.1, 0.15) is 31.4 Å². The zero-order valence-electron chi connectivity index (χ0n) is 10.7. The summed E-state index contributed by atoms with van der Waals surface area (Å²) in [5.41, 5.74) is 1.39. The lowest BCUT2D eigenvalue weighted by molar-refractivity contribution is 0.180. The van der Waals surface area contributed by atoms with Crippen LogP contribution in [0.15, 0.2) is 18.3 Å². The average Bonchev–Trinajstić information content (AvgIpc) is 2.93. The first-order valence-corrected chi connectivity index (χ1v) is 6.92. The number of hydrogen-bond donors (Lipinski definition) is 1. The highest BCUT2D eigenvalue weighted by molar-refractivity contribution is 5.07. The maximum atomic E-state index is 3.76. The summed E-state index contributed by atoms with van der Waals surface area (Å²) >= 11 is 0. The highest BCUT2D eigenvalue weighted by atomic mass is 15.2. The van der Waals surface area contributed by atoms with Crippen molar-refractivity contribution in [3.8, 4) is 0 Å². The second-order valence-corrected chi connectivity index (χ2v) is 5.49. The molecule has 3 rings (SSSR count). The summed E-state index contributed by atoms with van der Waals surface area (Å²) in [5, 5.41) is 3.76. The summed E-state index contributed by atoms with van der Waals surface area (Å²) < 4.78 is 2.21. The van der Waals surface area contributed by atoms with E-state index in [0.717, 1.165) is 12.6 Å². The van der Waals surface area contributed by atoms with E-state index in [1.54, 1.807) is 0 Å². The van der Waals surface area contributed by atoms with E-state index in [9.17, 15) is 0 Å². The molecule has 1 aromatic heterocycles. The van der Waals surface area contributed by atoms with Gasteiger partial charge in [-0.2, -0.15) is 0 Å². The van der Waals surface area contributed by atoms with Gasteiger partial charge in [0.25, 0.3) is 0 Å². The fraction of sp³-hybridized carbons (Fsp3) is 0.714. The van der Waals surface area contributed by atoms with Crippen molar-refractivity contribution < 1.29 is 0 Å². The second-order valence-electron chi connectivity index (χ2n) is 5.49. The molecule has 3 heteroatoms. The first-order chi connectivity index (χ1) is 8.34. The molecular weight excluding hydrogens is 210 g/mol. The summed E-state index contributed by atoms with van der Waals surface area (Å²) in [5.74, 6) is 0. The Labute approximate surface area is 104 Å². The summed E-state index contributed by atoms with van der Waals surface area (Å²) in [7, 11) is 2.12. The lowest BCUT2D eigenvalue weighted by Gasteiger charge is -2.32. The molecule has 0 spiro atoms. The SMILES string of the molecule is Cn1cccc1CNC1CCN2CCCCC12. The third-order valence-corrected chi connectivity index (χ3v) is 4.45. The first kappa shape index (κ1) is 11.3. The van der Waals surface area contributed by atoms with Crippen LogP contribution >= 0.6 is 0 Å². The molecule has 3 heterocycles. The van der Waals surface area contributed by atoms with Crippen LogP contribution in [0.3, 0.4) is 0 Å². The van der Waals surface area contributed by atoms with Gasteiger partial charge in [-0.25, -0.2) is 0 Å². The number of nitrogens with zero attached hydrogens (tertiary/aromatic N) is 2. The fourth-order valence-electron chi connectivity index (χ4n) is 3.40. The van der Waals surface area contributed by atoms with Crippen molar-refractivity contribution in [2.24, 2.45) is 7.05 Å². The molecule has 3 nitrogen and oxygen atoms in total. The van der Waals surface area contributed by atoms with Crippen molar-refractivity contribution in [1.82, 2.24) is 14.8 Å². The molecule has 0 radical (unpaired) electrons. The predicted molar refractivity (Wildman–Crippen MR) is 69.9 cm³/mol. The third-order valence-electron chi connectivity index (χ3n) is 4.45. The van der Waals surface area contributed by atoms with Gasteiger partial charge in [-0.15, -0.1) is 0 Å². The van der Waals surface area contributed by atoms with E-state index in [-0.39, 0.29) is 0 Å². The highest BCUT2D eigenvalue weighted by Crippen LogP contribution is 2.27. The Morgan fingerprint density at radius 2 is 2.24 bits per heavy atom. The van der Waals surface area contributed by atoms with Crippen LogP contribution in [0.25, 0.3) is 0 Å². The van der Waals surface area contributed by atoms with Crippen LogP contribution in [0.4, 0.5) is 0 Å². The van der Waals surface area contributed by atoms with Gasteiger partial charge >= 0.3 is 0 Å². The van der Waals surface area contributed by atoms with Crippen LogP contribution < -0.4 is 5.32 Å². The minimum absolute atomic E-state index is 0.713. The van der Waals surface area contributed by atoms with E-state index >= 15 is 0 Å². The monoisotopic (exact) mass is 233 g/mol. The number of rotatable bonds is 3. The van der Waals surface area contributed by atoms with Crippen LogP contribution in [0, 0.1) is 0 Å². The Kier molecular flexibility index (Phi) is 3.21. The van der Waals surface area contributed by atoms with Crippen molar-refractivity contribution in [3.05, 3.63) is 24.0 Å². The molecular formula is C14H23N3. The van der Waals surface area contributed by atoms with Gasteiger partial charge in [0.15, 0.2) is 0 Å². The molecule has 1 aromatic rings. The largest absolute Gasteiger partial charge is 0.353 e. The number of fused-ring (bicyclic) bond motifs is 1. The summed E-state index contributed by atoms with van der Waals surface area (Å²) in [4.78, 5) is 2.69. The number of aromatic nitrogens is 1. The average molecular weight is 233 g/mol. The molecule has 2 saturated heterocycles. The summed E-state index contributed by atoms with van der Waals surface area (Å²) in [6.45, 7) is 3.64. The molecule has 17 heavy (non-hydrogen) atoms. The normalized spacial score (nSPS) is 29.5. The minimum Gasteiger partial charge on any atom is -0.353 e. The molecule has 2 aliphatic rings.